The Morgan fingerprint density at radius 1 is 1.00 bits per heavy atom. The van der Waals surface area contributed by atoms with Gasteiger partial charge in [0.15, 0.2) is 0 Å². The van der Waals surface area contributed by atoms with Gasteiger partial charge < -0.3 is 9.64 Å². The summed E-state index contributed by atoms with van der Waals surface area (Å²) in [4.78, 5) is 16.5. The quantitative estimate of drug-likeness (QED) is 0.828. The molecule has 3 rings (SSSR count). The van der Waals surface area contributed by atoms with E-state index in [0.717, 1.165) is 38.0 Å². The summed E-state index contributed by atoms with van der Waals surface area (Å²) >= 11 is 0. The maximum Gasteiger partial charge on any atom is 0.410 e. The molecule has 0 aliphatic carbocycles. The summed E-state index contributed by atoms with van der Waals surface area (Å²) in [5.74, 6) is 0. The molecule has 0 N–H and O–H groups in total. The van der Waals surface area contributed by atoms with Crippen molar-refractivity contribution in [3.63, 3.8) is 0 Å². The average Bonchev–Trinajstić information content (AvgIpc) is 2.68. The summed E-state index contributed by atoms with van der Waals surface area (Å²) in [6, 6.07) is 20.6. The standard InChI is InChI=1S/C21H26N2O2/c1-22(21(24)25-17-19-10-6-3-7-11-19)20-12-14-23(15-13-20)16-18-8-4-2-5-9-18/h2-11,20H,12-17H2,1H3. The van der Waals surface area contributed by atoms with E-state index in [1.165, 1.54) is 5.56 Å². The van der Waals surface area contributed by atoms with Gasteiger partial charge in [0.05, 0.1) is 0 Å². The van der Waals surface area contributed by atoms with Crippen LogP contribution in [0.25, 0.3) is 0 Å². The van der Waals surface area contributed by atoms with E-state index in [0.29, 0.717) is 6.61 Å². The molecule has 1 heterocycles. The SMILES string of the molecule is CN(C(=O)OCc1ccccc1)C1CCN(Cc2ccccc2)CC1. The summed E-state index contributed by atoms with van der Waals surface area (Å²) in [6.07, 6.45) is 1.75. The molecule has 1 saturated heterocycles. The van der Waals surface area contributed by atoms with E-state index in [2.05, 4.69) is 29.2 Å². The topological polar surface area (TPSA) is 32.8 Å². The number of carbonyl (C=O) groups is 1. The Morgan fingerprint density at radius 3 is 2.16 bits per heavy atom. The average molecular weight is 338 g/mol. The van der Waals surface area contributed by atoms with Gasteiger partial charge in [-0.3, -0.25) is 4.90 Å². The molecule has 0 unspecified atom stereocenters. The molecular weight excluding hydrogens is 312 g/mol. The zero-order valence-corrected chi connectivity index (χ0v) is 14.8. The second-order valence-corrected chi connectivity index (χ2v) is 6.64. The fourth-order valence-corrected chi connectivity index (χ4v) is 3.28. The van der Waals surface area contributed by atoms with Crippen molar-refractivity contribution in [2.24, 2.45) is 0 Å². The van der Waals surface area contributed by atoms with Crippen LogP contribution in [0.1, 0.15) is 24.0 Å². The molecule has 1 aliphatic heterocycles. The number of ether oxygens (including phenoxy) is 1. The van der Waals surface area contributed by atoms with Gasteiger partial charge in [-0.2, -0.15) is 0 Å². The largest absolute Gasteiger partial charge is 0.445 e. The van der Waals surface area contributed by atoms with Gasteiger partial charge in [-0.25, -0.2) is 4.79 Å². The van der Waals surface area contributed by atoms with Gasteiger partial charge in [0.2, 0.25) is 0 Å². The smallest absolute Gasteiger partial charge is 0.410 e. The van der Waals surface area contributed by atoms with Crippen LogP contribution in [0.3, 0.4) is 0 Å². The van der Waals surface area contributed by atoms with Crippen molar-refractivity contribution in [3.05, 3.63) is 71.8 Å². The van der Waals surface area contributed by atoms with Crippen LogP contribution in [-0.2, 0) is 17.9 Å². The highest BCUT2D eigenvalue weighted by atomic mass is 16.6. The lowest BCUT2D eigenvalue weighted by Gasteiger charge is -2.36. The lowest BCUT2D eigenvalue weighted by Crippen LogP contribution is -2.45. The summed E-state index contributed by atoms with van der Waals surface area (Å²) < 4.78 is 5.44. The van der Waals surface area contributed by atoms with Gasteiger partial charge in [-0.15, -0.1) is 0 Å². The molecule has 0 aromatic heterocycles. The van der Waals surface area contributed by atoms with Gasteiger partial charge >= 0.3 is 6.09 Å². The minimum atomic E-state index is -0.231. The van der Waals surface area contributed by atoms with Crippen LogP contribution in [0.5, 0.6) is 0 Å². The highest BCUT2D eigenvalue weighted by Gasteiger charge is 2.26. The van der Waals surface area contributed by atoms with Crippen molar-refractivity contribution in [2.45, 2.75) is 32.0 Å². The molecule has 1 aliphatic rings. The van der Waals surface area contributed by atoms with Crippen LogP contribution >= 0.6 is 0 Å². The summed E-state index contributed by atoms with van der Waals surface area (Å²) in [5.41, 5.74) is 2.36. The molecule has 4 nitrogen and oxygen atoms in total. The lowest BCUT2D eigenvalue weighted by atomic mass is 10.0. The predicted octanol–water partition coefficient (Wildman–Crippen LogP) is 3.92. The number of rotatable bonds is 5. The van der Waals surface area contributed by atoms with Crippen molar-refractivity contribution in [1.29, 1.82) is 0 Å². The van der Waals surface area contributed by atoms with E-state index in [-0.39, 0.29) is 12.1 Å². The summed E-state index contributed by atoms with van der Waals surface area (Å²) in [5, 5.41) is 0. The van der Waals surface area contributed by atoms with Crippen molar-refractivity contribution in [2.75, 3.05) is 20.1 Å². The van der Waals surface area contributed by atoms with Crippen LogP contribution in [0.2, 0.25) is 0 Å². The molecular formula is C21H26N2O2. The first kappa shape index (κ1) is 17.5. The molecule has 1 amide bonds. The molecule has 0 atom stereocenters. The summed E-state index contributed by atoms with van der Waals surface area (Å²) in [7, 11) is 1.85. The van der Waals surface area contributed by atoms with E-state index >= 15 is 0 Å². The van der Waals surface area contributed by atoms with Crippen LogP contribution in [0.4, 0.5) is 4.79 Å². The normalized spacial score (nSPS) is 15.7. The molecule has 4 heteroatoms. The summed E-state index contributed by atoms with van der Waals surface area (Å²) in [6.45, 7) is 3.33. The lowest BCUT2D eigenvalue weighted by molar-refractivity contribution is 0.0713. The Balaban J connectivity index is 1.43. The van der Waals surface area contributed by atoms with Crippen LogP contribution in [0, 0.1) is 0 Å². The number of hydrogen-bond donors (Lipinski definition) is 0. The fraction of sp³-hybridized carbons (Fsp3) is 0.381. The van der Waals surface area contributed by atoms with Gasteiger partial charge in [-0.05, 0) is 24.0 Å². The molecule has 0 spiro atoms. The van der Waals surface area contributed by atoms with E-state index < -0.39 is 0 Å². The Morgan fingerprint density at radius 2 is 1.56 bits per heavy atom. The number of carbonyl (C=O) groups excluding carboxylic acids is 1. The van der Waals surface area contributed by atoms with Gasteiger partial charge in [0, 0.05) is 32.7 Å². The van der Waals surface area contributed by atoms with Crippen molar-refractivity contribution < 1.29 is 9.53 Å². The molecule has 25 heavy (non-hydrogen) atoms. The van der Waals surface area contributed by atoms with E-state index in [1.807, 2.05) is 43.4 Å². The first-order chi connectivity index (χ1) is 12.2. The fourth-order valence-electron chi connectivity index (χ4n) is 3.28. The van der Waals surface area contributed by atoms with Gasteiger partial charge in [0.1, 0.15) is 6.61 Å². The van der Waals surface area contributed by atoms with Gasteiger partial charge in [0.25, 0.3) is 0 Å². The van der Waals surface area contributed by atoms with Crippen molar-refractivity contribution >= 4 is 6.09 Å². The Kier molecular flexibility index (Phi) is 6.07. The second-order valence-electron chi connectivity index (χ2n) is 6.64. The predicted molar refractivity (Wildman–Crippen MR) is 99.1 cm³/mol. The minimum absolute atomic E-state index is 0.231. The number of hydrogen-bond acceptors (Lipinski definition) is 3. The Hall–Kier alpha value is -2.33. The Labute approximate surface area is 150 Å². The third kappa shape index (κ3) is 5.07. The maximum atomic E-state index is 12.3. The first-order valence-corrected chi connectivity index (χ1v) is 8.92. The molecule has 1 fully saturated rings. The van der Waals surface area contributed by atoms with Crippen LogP contribution < -0.4 is 0 Å². The maximum absolute atomic E-state index is 12.3. The molecule has 0 saturated carbocycles. The zero-order chi connectivity index (χ0) is 17.5. The number of nitrogens with zero attached hydrogens (tertiary/aromatic N) is 2. The third-order valence-electron chi connectivity index (χ3n) is 4.85. The number of amides is 1. The van der Waals surface area contributed by atoms with Crippen LogP contribution in [-0.4, -0.2) is 42.1 Å². The number of likely N-dealkylation sites (tertiary alicyclic amines) is 1. The monoisotopic (exact) mass is 338 g/mol. The van der Waals surface area contributed by atoms with E-state index in [1.54, 1.807) is 4.90 Å². The number of piperidine rings is 1. The van der Waals surface area contributed by atoms with Crippen LogP contribution in [0.15, 0.2) is 60.7 Å². The van der Waals surface area contributed by atoms with E-state index in [9.17, 15) is 4.79 Å². The molecule has 2 aromatic rings. The third-order valence-corrected chi connectivity index (χ3v) is 4.85. The molecule has 0 radical (unpaired) electrons. The number of benzene rings is 2. The second kappa shape index (κ2) is 8.67. The molecule has 2 aromatic carbocycles. The van der Waals surface area contributed by atoms with Crippen molar-refractivity contribution in [1.82, 2.24) is 9.80 Å². The zero-order valence-electron chi connectivity index (χ0n) is 14.8. The Bertz CT molecular complexity index is 652. The first-order valence-electron chi connectivity index (χ1n) is 8.92. The van der Waals surface area contributed by atoms with Gasteiger partial charge in [-0.1, -0.05) is 60.7 Å². The molecule has 0 bridgehead atoms. The highest BCUT2D eigenvalue weighted by Crippen LogP contribution is 2.18. The molecule has 132 valence electrons. The minimum Gasteiger partial charge on any atom is -0.445 e. The van der Waals surface area contributed by atoms with E-state index in [4.69, 9.17) is 4.74 Å². The van der Waals surface area contributed by atoms with Crippen molar-refractivity contribution in [3.8, 4) is 0 Å². The highest BCUT2D eigenvalue weighted by molar-refractivity contribution is 5.67.